The molecule has 4 heteroatoms. The summed E-state index contributed by atoms with van der Waals surface area (Å²) in [6, 6.07) is 12.7. The molecular weight excluding hydrogens is 350 g/mol. The zero-order valence-corrected chi connectivity index (χ0v) is 14.4. The van der Waals surface area contributed by atoms with Crippen LogP contribution >= 0.6 is 15.9 Å². The maximum Gasteiger partial charge on any atom is 0.137 e. The van der Waals surface area contributed by atoms with Gasteiger partial charge in [0.1, 0.15) is 5.65 Å². The van der Waals surface area contributed by atoms with Crippen LogP contribution in [0, 0.1) is 0 Å². The highest BCUT2D eigenvalue weighted by Crippen LogP contribution is 2.28. The molecule has 0 aliphatic carbocycles. The van der Waals surface area contributed by atoms with Crippen LogP contribution in [-0.2, 0) is 6.54 Å². The molecule has 0 amide bonds. The number of nitrogens with zero attached hydrogens (tertiary/aromatic N) is 2. The summed E-state index contributed by atoms with van der Waals surface area (Å²) in [5, 5.41) is 1.22. The van der Waals surface area contributed by atoms with E-state index in [1.54, 1.807) is 0 Å². The van der Waals surface area contributed by atoms with Crippen LogP contribution in [0.15, 0.2) is 59.3 Å². The Kier molecular flexibility index (Phi) is 4.02. The van der Waals surface area contributed by atoms with Gasteiger partial charge in [-0.1, -0.05) is 34.1 Å². The lowest BCUT2D eigenvalue weighted by Gasteiger charge is -2.26. The van der Waals surface area contributed by atoms with Crippen LogP contribution in [0.4, 0.5) is 0 Å². The second kappa shape index (κ2) is 6.30. The minimum Gasteiger partial charge on any atom is -0.346 e. The van der Waals surface area contributed by atoms with Crippen LogP contribution in [0.3, 0.4) is 0 Å². The number of hydrogen-bond donors (Lipinski definition) is 1. The third-order valence-electron chi connectivity index (χ3n) is 4.41. The Morgan fingerprint density at radius 3 is 2.83 bits per heavy atom. The zero-order valence-electron chi connectivity index (χ0n) is 12.8. The van der Waals surface area contributed by atoms with Crippen molar-refractivity contribution in [3.63, 3.8) is 0 Å². The van der Waals surface area contributed by atoms with E-state index >= 15 is 0 Å². The number of benzene rings is 1. The molecule has 1 aliphatic heterocycles. The SMILES string of the molecule is Brc1ccc(CN2CC=C(c3c[nH]c4ncccc34)CC2)cc1. The van der Waals surface area contributed by atoms with Gasteiger partial charge in [-0.25, -0.2) is 4.98 Å². The average molecular weight is 368 g/mol. The molecule has 0 atom stereocenters. The number of hydrogen-bond acceptors (Lipinski definition) is 2. The maximum absolute atomic E-state index is 4.38. The molecule has 4 rings (SSSR count). The summed E-state index contributed by atoms with van der Waals surface area (Å²) in [5.41, 5.74) is 5.06. The summed E-state index contributed by atoms with van der Waals surface area (Å²) >= 11 is 3.49. The smallest absolute Gasteiger partial charge is 0.137 e. The van der Waals surface area contributed by atoms with E-state index in [9.17, 15) is 0 Å². The van der Waals surface area contributed by atoms with E-state index < -0.39 is 0 Å². The minimum absolute atomic E-state index is 0.973. The van der Waals surface area contributed by atoms with Gasteiger partial charge in [-0.3, -0.25) is 4.90 Å². The Labute approximate surface area is 144 Å². The van der Waals surface area contributed by atoms with Gasteiger partial charge in [0.2, 0.25) is 0 Å². The van der Waals surface area contributed by atoms with Gasteiger partial charge in [-0.05, 0) is 41.8 Å². The number of pyridine rings is 1. The number of rotatable bonds is 3. The second-order valence-corrected chi connectivity index (χ2v) is 6.86. The van der Waals surface area contributed by atoms with Gasteiger partial charge in [-0.15, -0.1) is 0 Å². The topological polar surface area (TPSA) is 31.9 Å². The molecule has 0 bridgehead atoms. The molecule has 0 spiro atoms. The number of aromatic amines is 1. The summed E-state index contributed by atoms with van der Waals surface area (Å²) in [4.78, 5) is 10.1. The third kappa shape index (κ3) is 3.09. The van der Waals surface area contributed by atoms with Crippen molar-refractivity contribution in [1.29, 1.82) is 0 Å². The lowest BCUT2D eigenvalue weighted by molar-refractivity contribution is 0.294. The summed E-state index contributed by atoms with van der Waals surface area (Å²) in [5.74, 6) is 0. The van der Waals surface area contributed by atoms with E-state index in [1.807, 2.05) is 12.3 Å². The van der Waals surface area contributed by atoms with Gasteiger partial charge in [0.15, 0.2) is 0 Å². The van der Waals surface area contributed by atoms with Gasteiger partial charge in [0, 0.05) is 47.5 Å². The van der Waals surface area contributed by atoms with Gasteiger partial charge < -0.3 is 4.98 Å². The molecule has 1 aliphatic rings. The fourth-order valence-corrected chi connectivity index (χ4v) is 3.43. The highest BCUT2D eigenvalue weighted by atomic mass is 79.9. The normalized spacial score (nSPS) is 15.8. The van der Waals surface area contributed by atoms with Crippen molar-refractivity contribution in [1.82, 2.24) is 14.9 Å². The van der Waals surface area contributed by atoms with Crippen LogP contribution in [0.2, 0.25) is 0 Å². The quantitative estimate of drug-likeness (QED) is 0.732. The zero-order chi connectivity index (χ0) is 15.6. The lowest BCUT2D eigenvalue weighted by Crippen LogP contribution is -2.27. The van der Waals surface area contributed by atoms with Crippen molar-refractivity contribution in [2.75, 3.05) is 13.1 Å². The first-order chi connectivity index (χ1) is 11.3. The van der Waals surface area contributed by atoms with Crippen molar-refractivity contribution in [3.8, 4) is 0 Å². The van der Waals surface area contributed by atoms with Gasteiger partial charge >= 0.3 is 0 Å². The first-order valence-corrected chi connectivity index (χ1v) is 8.67. The van der Waals surface area contributed by atoms with E-state index in [2.05, 4.69) is 73.4 Å². The molecule has 3 nitrogen and oxygen atoms in total. The minimum atomic E-state index is 0.973. The van der Waals surface area contributed by atoms with Crippen LogP contribution < -0.4 is 0 Å². The average Bonchev–Trinajstić information content (AvgIpc) is 3.02. The number of fused-ring (bicyclic) bond motifs is 1. The molecule has 0 fully saturated rings. The fraction of sp³-hybridized carbons (Fsp3) is 0.211. The molecule has 2 aromatic heterocycles. The second-order valence-electron chi connectivity index (χ2n) is 5.94. The van der Waals surface area contributed by atoms with Crippen molar-refractivity contribution < 1.29 is 0 Å². The van der Waals surface area contributed by atoms with Crippen molar-refractivity contribution in [2.24, 2.45) is 0 Å². The highest BCUT2D eigenvalue weighted by Gasteiger charge is 2.15. The Morgan fingerprint density at radius 2 is 2.04 bits per heavy atom. The van der Waals surface area contributed by atoms with E-state index in [-0.39, 0.29) is 0 Å². The summed E-state index contributed by atoms with van der Waals surface area (Å²) in [6.45, 7) is 3.10. The number of nitrogens with one attached hydrogen (secondary N) is 1. The molecule has 0 saturated heterocycles. The number of aromatic nitrogens is 2. The van der Waals surface area contributed by atoms with Crippen LogP contribution in [-0.4, -0.2) is 28.0 Å². The summed E-state index contributed by atoms with van der Waals surface area (Å²) in [7, 11) is 0. The van der Waals surface area contributed by atoms with E-state index in [0.29, 0.717) is 0 Å². The first-order valence-electron chi connectivity index (χ1n) is 7.88. The Hall–Kier alpha value is -1.91. The Morgan fingerprint density at radius 1 is 1.17 bits per heavy atom. The Balaban J connectivity index is 1.49. The molecule has 1 aromatic carbocycles. The number of H-pyrrole nitrogens is 1. The monoisotopic (exact) mass is 367 g/mol. The number of halogens is 1. The van der Waals surface area contributed by atoms with E-state index in [1.165, 1.54) is 22.1 Å². The Bertz CT molecular complexity index is 848. The summed E-state index contributed by atoms with van der Waals surface area (Å²) in [6.07, 6.45) is 7.36. The van der Waals surface area contributed by atoms with Crippen molar-refractivity contribution in [2.45, 2.75) is 13.0 Å². The fourth-order valence-electron chi connectivity index (χ4n) is 3.17. The molecule has 0 radical (unpaired) electrons. The van der Waals surface area contributed by atoms with Crippen LogP contribution in [0.5, 0.6) is 0 Å². The predicted molar refractivity (Wildman–Crippen MR) is 98.1 cm³/mol. The van der Waals surface area contributed by atoms with E-state index in [0.717, 1.165) is 36.2 Å². The highest BCUT2D eigenvalue weighted by molar-refractivity contribution is 9.10. The first kappa shape index (κ1) is 14.7. The van der Waals surface area contributed by atoms with Gasteiger partial charge in [0.05, 0.1) is 0 Å². The molecule has 3 aromatic rings. The van der Waals surface area contributed by atoms with E-state index in [4.69, 9.17) is 0 Å². The molecule has 0 saturated carbocycles. The predicted octanol–water partition coefficient (Wildman–Crippen LogP) is 4.61. The van der Waals surface area contributed by atoms with Gasteiger partial charge in [-0.2, -0.15) is 0 Å². The van der Waals surface area contributed by atoms with Crippen molar-refractivity contribution >= 4 is 32.5 Å². The summed E-state index contributed by atoms with van der Waals surface area (Å²) < 4.78 is 1.13. The molecule has 23 heavy (non-hydrogen) atoms. The van der Waals surface area contributed by atoms with Gasteiger partial charge in [0.25, 0.3) is 0 Å². The molecule has 0 unspecified atom stereocenters. The largest absolute Gasteiger partial charge is 0.346 e. The van der Waals surface area contributed by atoms with Crippen LogP contribution in [0.1, 0.15) is 17.5 Å². The molecular formula is C19H18BrN3. The lowest BCUT2D eigenvalue weighted by atomic mass is 9.99. The van der Waals surface area contributed by atoms with Crippen LogP contribution in [0.25, 0.3) is 16.6 Å². The maximum atomic E-state index is 4.38. The standard InChI is InChI=1S/C19H18BrN3/c20-16-5-3-14(4-6-16)13-23-10-7-15(8-11-23)18-12-22-19-17(18)2-1-9-21-19/h1-7,9,12H,8,10-11,13H2,(H,21,22). The molecule has 1 N–H and O–H groups in total. The molecule has 3 heterocycles. The van der Waals surface area contributed by atoms with Crippen molar-refractivity contribution in [3.05, 3.63) is 70.5 Å². The molecule has 116 valence electrons. The third-order valence-corrected chi connectivity index (χ3v) is 4.94.